The molecule has 0 bridgehead atoms. The maximum absolute atomic E-state index is 13.2. The number of hydrogen-bond donors (Lipinski definition) is 3. The number of ether oxygens (including phenoxy) is 1. The van der Waals surface area contributed by atoms with Crippen molar-refractivity contribution >= 4 is 37.5 Å². The largest absolute Gasteiger partial charge is 0.497 e. The molecule has 2 saturated heterocycles. The average Bonchev–Trinajstić information content (AvgIpc) is 2.80. The van der Waals surface area contributed by atoms with Crippen molar-refractivity contribution in [1.29, 1.82) is 0 Å². The molecular formula is C24H30BrN3O6S. The third-order valence-corrected chi connectivity index (χ3v) is 8.17. The zero-order valence-electron chi connectivity index (χ0n) is 19.5. The summed E-state index contributed by atoms with van der Waals surface area (Å²) in [7, 11) is -1.75. The first-order valence-electron chi connectivity index (χ1n) is 11.3. The second kappa shape index (κ2) is 10.4. The van der Waals surface area contributed by atoms with Crippen LogP contribution < -0.4 is 10.1 Å². The van der Waals surface area contributed by atoms with E-state index in [4.69, 9.17) is 4.74 Å². The molecule has 0 aliphatic carbocycles. The molecule has 0 unspecified atom stereocenters. The number of fused-ring (bicyclic) bond motifs is 1. The molecule has 2 aromatic rings. The molecule has 0 radical (unpaired) electrons. The number of urea groups is 1. The Labute approximate surface area is 213 Å². The van der Waals surface area contributed by atoms with E-state index < -0.39 is 28.1 Å². The molecule has 4 rings (SSSR count). The minimum absolute atomic E-state index is 0.0443. The van der Waals surface area contributed by atoms with Gasteiger partial charge in [-0.15, -0.1) is 0 Å². The molecule has 9 nitrogen and oxygen atoms in total. The normalized spacial score (nSPS) is 27.2. The van der Waals surface area contributed by atoms with Gasteiger partial charge in [0.15, 0.2) is 0 Å². The fourth-order valence-electron chi connectivity index (χ4n) is 4.97. The first-order valence-corrected chi connectivity index (χ1v) is 14.2. The van der Waals surface area contributed by atoms with Crippen LogP contribution in [-0.4, -0.2) is 97.5 Å². The number of benzene rings is 2. The minimum Gasteiger partial charge on any atom is -0.497 e. The zero-order valence-corrected chi connectivity index (χ0v) is 21.9. The minimum atomic E-state index is -3.31. The van der Waals surface area contributed by atoms with E-state index in [9.17, 15) is 23.4 Å². The zero-order chi connectivity index (χ0) is 25.3. The van der Waals surface area contributed by atoms with Gasteiger partial charge in [-0.25, -0.2) is 13.2 Å². The number of methoxy groups -OCH3 is 1. The van der Waals surface area contributed by atoms with Crippen molar-refractivity contribution in [2.24, 2.45) is 0 Å². The van der Waals surface area contributed by atoms with Crippen molar-refractivity contribution in [2.75, 3.05) is 44.1 Å². The van der Waals surface area contributed by atoms with E-state index in [0.29, 0.717) is 11.4 Å². The lowest BCUT2D eigenvalue weighted by molar-refractivity contribution is -0.0957. The molecule has 11 heteroatoms. The predicted molar refractivity (Wildman–Crippen MR) is 136 cm³/mol. The van der Waals surface area contributed by atoms with Crippen molar-refractivity contribution in [2.45, 2.75) is 30.2 Å². The van der Waals surface area contributed by atoms with E-state index >= 15 is 0 Å². The van der Waals surface area contributed by atoms with Gasteiger partial charge in [-0.3, -0.25) is 4.90 Å². The molecule has 2 heterocycles. The summed E-state index contributed by atoms with van der Waals surface area (Å²) >= 11 is 3.44. The Bertz CT molecular complexity index is 1140. The summed E-state index contributed by atoms with van der Waals surface area (Å²) in [6.07, 6.45) is -1.09. The number of carbonyl (C=O) groups excluding carboxylic acids is 1. The van der Waals surface area contributed by atoms with Crippen LogP contribution in [-0.2, 0) is 9.84 Å². The fourth-order valence-corrected chi connectivity index (χ4v) is 6.25. The molecule has 35 heavy (non-hydrogen) atoms. The van der Waals surface area contributed by atoms with Crippen LogP contribution in [0.3, 0.4) is 0 Å². The molecule has 2 fully saturated rings. The quantitative estimate of drug-likeness (QED) is 0.504. The van der Waals surface area contributed by atoms with Crippen molar-refractivity contribution in [1.82, 2.24) is 9.80 Å². The number of aliphatic hydroxyl groups excluding tert-OH is 2. The lowest BCUT2D eigenvalue weighted by Gasteiger charge is -2.58. The number of anilines is 1. The van der Waals surface area contributed by atoms with Crippen LogP contribution in [0.4, 0.5) is 10.5 Å². The topological polar surface area (TPSA) is 119 Å². The highest BCUT2D eigenvalue weighted by Crippen LogP contribution is 2.43. The molecule has 2 aromatic carbocycles. The second-order valence-electron chi connectivity index (χ2n) is 9.20. The Morgan fingerprint density at radius 2 is 1.69 bits per heavy atom. The number of hydrogen-bond acceptors (Lipinski definition) is 7. The van der Waals surface area contributed by atoms with E-state index in [-0.39, 0.29) is 43.4 Å². The van der Waals surface area contributed by atoms with Crippen LogP contribution in [0.25, 0.3) is 0 Å². The lowest BCUT2D eigenvalue weighted by Crippen LogP contribution is -2.71. The predicted octanol–water partition coefficient (Wildman–Crippen LogP) is 1.91. The maximum Gasteiger partial charge on any atom is 0.321 e. The Morgan fingerprint density at radius 1 is 1.06 bits per heavy atom. The van der Waals surface area contributed by atoms with Gasteiger partial charge in [0.2, 0.25) is 0 Å². The van der Waals surface area contributed by atoms with E-state index in [2.05, 4.69) is 21.2 Å². The first-order chi connectivity index (χ1) is 16.6. The first kappa shape index (κ1) is 25.9. The van der Waals surface area contributed by atoms with E-state index in [1.807, 2.05) is 29.2 Å². The number of rotatable bonds is 5. The Hall–Kier alpha value is -2.18. The van der Waals surface area contributed by atoms with E-state index in [0.717, 1.165) is 10.0 Å². The highest BCUT2D eigenvalue weighted by Gasteiger charge is 2.52. The van der Waals surface area contributed by atoms with Crippen LogP contribution >= 0.6 is 15.9 Å². The van der Waals surface area contributed by atoms with Gasteiger partial charge in [0.05, 0.1) is 31.6 Å². The number of carbonyl (C=O) groups is 1. The Morgan fingerprint density at radius 3 is 2.29 bits per heavy atom. The third kappa shape index (κ3) is 5.97. The number of aliphatic hydroxyl groups is 2. The van der Waals surface area contributed by atoms with Gasteiger partial charge < -0.3 is 25.2 Å². The molecular weight excluding hydrogens is 538 g/mol. The molecule has 2 amide bonds. The van der Waals surface area contributed by atoms with Crippen molar-refractivity contribution in [3.63, 3.8) is 0 Å². The van der Waals surface area contributed by atoms with Crippen LogP contribution in [0.2, 0.25) is 0 Å². The number of nitrogens with one attached hydrogen (secondary N) is 1. The maximum atomic E-state index is 13.2. The number of halogens is 1. The van der Waals surface area contributed by atoms with Gasteiger partial charge in [-0.2, -0.15) is 0 Å². The fraction of sp³-hybridized carbons (Fsp3) is 0.458. The molecule has 3 N–H and O–H groups in total. The number of sulfone groups is 1. The summed E-state index contributed by atoms with van der Waals surface area (Å²) in [6.45, 7) is 0.358. The molecule has 0 aromatic heterocycles. The van der Waals surface area contributed by atoms with Crippen LogP contribution in [0, 0.1) is 0 Å². The van der Waals surface area contributed by atoms with Crippen LogP contribution in [0.15, 0.2) is 53.0 Å². The summed E-state index contributed by atoms with van der Waals surface area (Å²) in [5.74, 6) is 0.425. The lowest BCUT2D eigenvalue weighted by atomic mass is 9.74. The van der Waals surface area contributed by atoms with Crippen LogP contribution in [0.5, 0.6) is 5.75 Å². The van der Waals surface area contributed by atoms with Crippen molar-refractivity contribution in [3.05, 3.63) is 58.6 Å². The molecule has 2 aliphatic heterocycles. The molecule has 0 saturated carbocycles. The SMILES string of the molecule is COc1ccc(NC(=O)N2C[C@H](O)[C@H](O)CN3[C@H](CS(C)(=O)=O)[C@H](c4ccc(Br)cc4)[C@@H]3C2)cc1. The van der Waals surface area contributed by atoms with Gasteiger partial charge in [-0.05, 0) is 42.0 Å². The standard InChI is InChI=1S/C24H30BrN3O6S/c1-34-18-9-7-17(8-10-18)26-24(31)27-11-19-23(15-3-5-16(25)6-4-15)20(14-35(2,32)33)28(19)13-22(30)21(29)12-27/h3-10,19-23,29-30H,11-14H2,1-2H3,(H,26,31)/t19-,20+,21-,22+,23+/m0/s1. The van der Waals surface area contributed by atoms with Crippen molar-refractivity contribution in [3.8, 4) is 5.75 Å². The summed E-state index contributed by atoms with van der Waals surface area (Å²) < 4.78 is 30.5. The Kier molecular flexibility index (Phi) is 7.72. The molecule has 5 atom stereocenters. The molecule has 190 valence electrons. The van der Waals surface area contributed by atoms with Gasteiger partial charge in [0.1, 0.15) is 15.6 Å². The Balaban J connectivity index is 1.61. The number of nitrogens with zero attached hydrogens (tertiary/aromatic N) is 2. The average molecular weight is 568 g/mol. The van der Waals surface area contributed by atoms with Gasteiger partial charge >= 0.3 is 6.03 Å². The number of β-amino-alcohol motifs (C(OH)–C–C–N with tert-alkyl or cyclic N) is 1. The number of amides is 2. The highest BCUT2D eigenvalue weighted by molar-refractivity contribution is 9.10. The summed E-state index contributed by atoms with van der Waals surface area (Å²) in [5.41, 5.74) is 1.53. The second-order valence-corrected chi connectivity index (χ2v) is 12.3. The summed E-state index contributed by atoms with van der Waals surface area (Å²) in [5, 5.41) is 24.0. The monoisotopic (exact) mass is 567 g/mol. The van der Waals surface area contributed by atoms with Crippen molar-refractivity contribution < 1.29 is 28.2 Å². The van der Waals surface area contributed by atoms with E-state index in [1.165, 1.54) is 11.2 Å². The smallest absolute Gasteiger partial charge is 0.321 e. The third-order valence-electron chi connectivity index (χ3n) is 6.69. The van der Waals surface area contributed by atoms with Gasteiger partial charge in [0.25, 0.3) is 0 Å². The van der Waals surface area contributed by atoms with Gasteiger partial charge in [-0.1, -0.05) is 28.1 Å². The van der Waals surface area contributed by atoms with Gasteiger partial charge in [0, 0.05) is 47.5 Å². The molecule has 2 aliphatic rings. The highest BCUT2D eigenvalue weighted by atomic mass is 79.9. The van der Waals surface area contributed by atoms with E-state index in [1.54, 1.807) is 31.4 Å². The summed E-state index contributed by atoms with van der Waals surface area (Å²) in [6, 6.07) is 13.6. The molecule has 0 spiro atoms. The van der Waals surface area contributed by atoms with Crippen LogP contribution in [0.1, 0.15) is 11.5 Å². The summed E-state index contributed by atoms with van der Waals surface area (Å²) in [4.78, 5) is 16.6.